The van der Waals surface area contributed by atoms with E-state index < -0.39 is 122 Å². The van der Waals surface area contributed by atoms with Gasteiger partial charge in [-0.05, 0) is 84.5 Å². The second-order valence-corrected chi connectivity index (χ2v) is 16.5. The molecule has 3 atom stereocenters. The van der Waals surface area contributed by atoms with E-state index in [0.717, 1.165) is 25.7 Å². The molecule has 0 saturated heterocycles. The van der Waals surface area contributed by atoms with Crippen LogP contribution in [-0.4, -0.2) is 86.3 Å². The molecule has 0 amide bonds. The molecule has 0 spiro atoms. The van der Waals surface area contributed by atoms with Crippen molar-refractivity contribution in [1.29, 1.82) is 0 Å². The number of carbonyl (C=O) groups excluding carboxylic acids is 6. The average Bonchev–Trinajstić information content (AvgIpc) is 3.78. The molecule has 3 fully saturated rings. The molecule has 0 aromatic rings. The molecule has 0 aliphatic heterocycles. The van der Waals surface area contributed by atoms with Crippen molar-refractivity contribution in [2.24, 2.45) is 34.5 Å². The summed E-state index contributed by atoms with van der Waals surface area (Å²) in [7, 11) is 0. The number of halogens is 8. The number of carbonyl (C=O) groups is 6. The molecule has 59 heavy (non-hydrogen) atoms. The number of hydrogen-bond donors (Lipinski definition) is 0. The van der Waals surface area contributed by atoms with Crippen LogP contribution in [0.2, 0.25) is 0 Å². The highest BCUT2D eigenvalue weighted by atomic mass is 19.3. The lowest BCUT2D eigenvalue weighted by Gasteiger charge is -2.25. The van der Waals surface area contributed by atoms with E-state index in [2.05, 4.69) is 18.9 Å². The van der Waals surface area contributed by atoms with Crippen molar-refractivity contribution in [2.45, 2.75) is 149 Å². The van der Waals surface area contributed by atoms with E-state index in [4.69, 9.17) is 9.47 Å². The summed E-state index contributed by atoms with van der Waals surface area (Å²) in [5.41, 5.74) is -1.59. The second kappa shape index (κ2) is 21.2. The van der Waals surface area contributed by atoms with Crippen LogP contribution in [0.3, 0.4) is 0 Å². The van der Waals surface area contributed by atoms with Crippen molar-refractivity contribution in [2.75, 3.05) is 26.4 Å². The minimum atomic E-state index is -4.58. The smallest absolute Gasteiger partial charge is 0.406 e. The van der Waals surface area contributed by atoms with Gasteiger partial charge in [0.2, 0.25) is 0 Å². The monoisotopic (exact) mass is 868 g/mol. The maximum absolute atomic E-state index is 13.9. The summed E-state index contributed by atoms with van der Waals surface area (Å²) in [6.45, 7) is 7.58. The molecule has 0 aromatic heterocycles. The van der Waals surface area contributed by atoms with Crippen LogP contribution in [-0.2, 0) is 57.2 Å². The fraction of sp³-hybridized carbons (Fsp3) is 0.846. The highest BCUT2D eigenvalue weighted by Crippen LogP contribution is 2.49. The number of fused-ring (bicyclic) bond motifs is 2. The molecule has 0 heterocycles. The fourth-order valence-electron chi connectivity index (χ4n) is 6.49. The van der Waals surface area contributed by atoms with Gasteiger partial charge in [-0.3, -0.25) is 19.2 Å². The van der Waals surface area contributed by atoms with E-state index in [0.29, 0.717) is 44.9 Å². The van der Waals surface area contributed by atoms with Gasteiger partial charge in [0.05, 0.1) is 22.7 Å². The first-order valence-electron chi connectivity index (χ1n) is 19.7. The van der Waals surface area contributed by atoms with E-state index in [1.165, 1.54) is 0 Å². The Morgan fingerprint density at radius 2 is 0.898 bits per heavy atom. The summed E-state index contributed by atoms with van der Waals surface area (Å²) in [5.74, 6) is -18.5. The molecule has 3 aliphatic rings. The van der Waals surface area contributed by atoms with Crippen LogP contribution in [0.25, 0.3) is 0 Å². The maximum Gasteiger partial charge on any atom is 0.406 e. The maximum atomic E-state index is 13.9. The van der Waals surface area contributed by atoms with Crippen molar-refractivity contribution in [3.8, 4) is 0 Å². The third kappa shape index (κ3) is 16.3. The largest absolute Gasteiger partial charge is 0.462 e. The Hall–Kier alpha value is -3.74. The molecule has 12 nitrogen and oxygen atoms in total. The zero-order chi connectivity index (χ0) is 45.0. The molecule has 3 unspecified atom stereocenters. The van der Waals surface area contributed by atoms with Crippen molar-refractivity contribution < 1.29 is 92.3 Å². The fourth-order valence-corrected chi connectivity index (χ4v) is 6.49. The first-order chi connectivity index (χ1) is 27.1. The van der Waals surface area contributed by atoms with Gasteiger partial charge in [-0.15, -0.1) is 0 Å². The van der Waals surface area contributed by atoms with Gasteiger partial charge in [0.25, 0.3) is 0 Å². The topological polar surface area (TPSA) is 158 Å². The molecule has 20 heteroatoms. The Morgan fingerprint density at radius 3 is 1.25 bits per heavy atom. The van der Waals surface area contributed by atoms with E-state index in [-0.39, 0.29) is 11.8 Å². The van der Waals surface area contributed by atoms with Gasteiger partial charge in [0.15, 0.2) is 0 Å². The van der Waals surface area contributed by atoms with E-state index in [1.54, 1.807) is 41.5 Å². The predicted molar refractivity (Wildman–Crippen MR) is 189 cm³/mol. The lowest BCUT2D eigenvalue weighted by molar-refractivity contribution is -0.264. The number of hydrogen-bond acceptors (Lipinski definition) is 12. The second-order valence-electron chi connectivity index (χ2n) is 16.5. The average molecular weight is 869 g/mol. The Kier molecular flexibility index (Phi) is 18.4. The van der Waals surface area contributed by atoms with Gasteiger partial charge in [0, 0.05) is 0 Å². The quantitative estimate of drug-likeness (QED) is 0.0499. The number of ether oxygens (including phenoxy) is 6. The van der Waals surface area contributed by atoms with Gasteiger partial charge in [0.1, 0.15) is 39.3 Å². The molecule has 0 N–H and O–H groups in total. The minimum absolute atomic E-state index is 0.0517. The summed E-state index contributed by atoms with van der Waals surface area (Å²) in [6.07, 6.45) is -6.93. The van der Waals surface area contributed by atoms with Gasteiger partial charge in [-0.1, -0.05) is 39.5 Å². The summed E-state index contributed by atoms with van der Waals surface area (Å²) in [5, 5.41) is 0. The standard InChI is InChI=1S/C20H28F4O6.C19H28F4O6/c1-4-18(2,3)16(26)28-7-8-29-17(27)19(21,22)11-20(23,24)30-15(25)14-10-12-5-6-13(14)9-12;1-4-17(2,3)15(25)27-10-11-28-16(26)18(20,21)12-19(22,23)29-14(24)13-8-6-5-7-9-13/h12-14H,4-11H2,1-3H3;13H,4-12H2,1-3H3. The highest BCUT2D eigenvalue weighted by Gasteiger charge is 2.55. The predicted octanol–water partition coefficient (Wildman–Crippen LogP) is 8.36. The molecular formula is C39H56F8O12. The molecular weight excluding hydrogens is 812 g/mol. The summed E-state index contributed by atoms with van der Waals surface area (Å²) in [6, 6.07) is 0. The zero-order valence-electron chi connectivity index (χ0n) is 34.3. The number of alkyl halides is 8. The van der Waals surface area contributed by atoms with Crippen LogP contribution < -0.4 is 0 Å². The summed E-state index contributed by atoms with van der Waals surface area (Å²) >= 11 is 0. The summed E-state index contributed by atoms with van der Waals surface area (Å²) < 4.78 is 137. The van der Waals surface area contributed by atoms with Gasteiger partial charge < -0.3 is 28.4 Å². The Labute approximate surface area is 338 Å². The lowest BCUT2D eigenvalue weighted by Crippen LogP contribution is -2.41. The van der Waals surface area contributed by atoms with Crippen molar-refractivity contribution in [1.82, 2.24) is 0 Å². The third-order valence-corrected chi connectivity index (χ3v) is 10.9. The summed E-state index contributed by atoms with van der Waals surface area (Å²) in [4.78, 5) is 70.1. The minimum Gasteiger partial charge on any atom is -0.462 e. The lowest BCUT2D eigenvalue weighted by atomic mass is 9.89. The molecule has 2 bridgehead atoms. The molecule has 3 rings (SSSR count). The highest BCUT2D eigenvalue weighted by molar-refractivity contribution is 5.79. The zero-order valence-corrected chi connectivity index (χ0v) is 34.3. The van der Waals surface area contributed by atoms with Crippen LogP contribution in [0.1, 0.15) is 125 Å². The number of esters is 6. The van der Waals surface area contributed by atoms with Crippen LogP contribution in [0.15, 0.2) is 0 Å². The molecule has 3 aliphatic carbocycles. The van der Waals surface area contributed by atoms with Gasteiger partial charge >= 0.3 is 59.9 Å². The molecule has 3 saturated carbocycles. The Bertz CT molecular complexity index is 1460. The Balaban J connectivity index is 0.000000407. The van der Waals surface area contributed by atoms with Crippen LogP contribution in [0, 0.1) is 34.5 Å². The van der Waals surface area contributed by atoms with Gasteiger partial charge in [-0.2, -0.15) is 35.1 Å². The van der Waals surface area contributed by atoms with Crippen LogP contribution in [0.5, 0.6) is 0 Å². The van der Waals surface area contributed by atoms with Crippen molar-refractivity contribution in [3.05, 3.63) is 0 Å². The van der Waals surface area contributed by atoms with Gasteiger partial charge in [-0.25, -0.2) is 9.59 Å². The molecule has 0 radical (unpaired) electrons. The normalized spacial score (nSPS) is 20.1. The van der Waals surface area contributed by atoms with E-state index >= 15 is 0 Å². The third-order valence-electron chi connectivity index (χ3n) is 10.9. The number of rotatable bonds is 20. The van der Waals surface area contributed by atoms with Crippen molar-refractivity contribution >= 4 is 35.8 Å². The van der Waals surface area contributed by atoms with Crippen molar-refractivity contribution in [3.63, 3.8) is 0 Å². The molecule has 0 aromatic carbocycles. The first kappa shape index (κ1) is 51.4. The first-order valence-corrected chi connectivity index (χ1v) is 19.7. The molecule has 340 valence electrons. The Morgan fingerprint density at radius 1 is 0.508 bits per heavy atom. The SMILES string of the molecule is CCC(C)(C)C(=O)OCCOC(=O)C(F)(F)CC(F)(F)OC(=O)C1CC2CCC1C2.CCC(C)(C)C(=O)OCCOC(=O)C(F)(F)CC(F)(F)OC(=O)C1CCCCC1. The van der Waals surface area contributed by atoms with E-state index in [9.17, 15) is 63.9 Å². The van der Waals surface area contributed by atoms with E-state index in [1.807, 2.05) is 0 Å². The van der Waals surface area contributed by atoms with Crippen LogP contribution in [0.4, 0.5) is 35.1 Å². The van der Waals surface area contributed by atoms with Crippen LogP contribution >= 0.6 is 0 Å².